The summed E-state index contributed by atoms with van der Waals surface area (Å²) in [6.45, 7) is 0.599. The molecule has 1 amide bonds. The van der Waals surface area contributed by atoms with Gasteiger partial charge in [0.1, 0.15) is 0 Å². The van der Waals surface area contributed by atoms with Crippen LogP contribution in [0.2, 0.25) is 0 Å². The summed E-state index contributed by atoms with van der Waals surface area (Å²) in [5.74, 6) is -0.208. The second-order valence-electron chi connectivity index (χ2n) is 4.67. The van der Waals surface area contributed by atoms with Gasteiger partial charge in [-0.3, -0.25) is 9.80 Å². The SMILES string of the molecule is CN1C(=O)CC(c2ccccc2C(F)(F)F)N1CCN. The third-order valence-corrected chi connectivity index (χ3v) is 3.46. The lowest BCUT2D eigenvalue weighted by molar-refractivity contribution is -0.139. The van der Waals surface area contributed by atoms with Crippen molar-refractivity contribution < 1.29 is 18.0 Å². The van der Waals surface area contributed by atoms with Crippen molar-refractivity contribution in [1.82, 2.24) is 10.0 Å². The van der Waals surface area contributed by atoms with Gasteiger partial charge in [0.05, 0.1) is 11.6 Å². The van der Waals surface area contributed by atoms with E-state index < -0.39 is 17.8 Å². The highest BCUT2D eigenvalue weighted by atomic mass is 19.4. The number of carbonyl (C=O) groups is 1. The second-order valence-corrected chi connectivity index (χ2v) is 4.67. The molecule has 0 bridgehead atoms. The summed E-state index contributed by atoms with van der Waals surface area (Å²) in [6.07, 6.45) is -4.40. The minimum Gasteiger partial charge on any atom is -0.329 e. The van der Waals surface area contributed by atoms with E-state index in [1.54, 1.807) is 18.1 Å². The molecule has 7 heteroatoms. The monoisotopic (exact) mass is 287 g/mol. The molecule has 1 unspecified atom stereocenters. The normalized spacial score (nSPS) is 20.8. The molecule has 4 nitrogen and oxygen atoms in total. The molecule has 20 heavy (non-hydrogen) atoms. The number of halogens is 3. The highest BCUT2D eigenvalue weighted by Crippen LogP contribution is 2.40. The van der Waals surface area contributed by atoms with Crippen molar-refractivity contribution in [2.45, 2.75) is 18.6 Å². The summed E-state index contributed by atoms with van der Waals surface area (Å²) in [5.41, 5.74) is 4.90. The van der Waals surface area contributed by atoms with Gasteiger partial charge in [0.25, 0.3) is 0 Å². The first-order chi connectivity index (χ1) is 9.36. The summed E-state index contributed by atoms with van der Waals surface area (Å²) < 4.78 is 39.2. The van der Waals surface area contributed by atoms with E-state index in [4.69, 9.17) is 5.73 Å². The first kappa shape index (κ1) is 14.8. The van der Waals surface area contributed by atoms with E-state index in [0.717, 1.165) is 6.07 Å². The van der Waals surface area contributed by atoms with Crippen LogP contribution in [-0.4, -0.2) is 36.1 Å². The zero-order valence-electron chi connectivity index (χ0n) is 11.0. The Hall–Kier alpha value is -1.60. The van der Waals surface area contributed by atoms with Crippen LogP contribution >= 0.6 is 0 Å². The maximum atomic E-state index is 13.1. The molecule has 0 saturated carbocycles. The largest absolute Gasteiger partial charge is 0.416 e. The third-order valence-electron chi connectivity index (χ3n) is 3.46. The lowest BCUT2D eigenvalue weighted by Crippen LogP contribution is -2.40. The molecule has 0 aliphatic carbocycles. The van der Waals surface area contributed by atoms with E-state index in [2.05, 4.69) is 0 Å². The Kier molecular flexibility index (Phi) is 4.01. The van der Waals surface area contributed by atoms with Gasteiger partial charge in [0, 0.05) is 26.6 Å². The van der Waals surface area contributed by atoms with E-state index in [1.807, 2.05) is 0 Å². The van der Waals surface area contributed by atoms with Crippen LogP contribution in [0, 0.1) is 0 Å². The van der Waals surface area contributed by atoms with Crippen LogP contribution in [0.15, 0.2) is 24.3 Å². The van der Waals surface area contributed by atoms with Crippen LogP contribution in [0.1, 0.15) is 23.6 Å². The number of nitrogens with two attached hydrogens (primary N) is 1. The molecular formula is C13H16F3N3O. The molecule has 1 aliphatic rings. The van der Waals surface area contributed by atoms with Gasteiger partial charge in [-0.25, -0.2) is 5.01 Å². The number of alkyl halides is 3. The summed E-state index contributed by atoms with van der Waals surface area (Å²) in [5, 5.41) is 2.94. The van der Waals surface area contributed by atoms with Gasteiger partial charge in [-0.1, -0.05) is 18.2 Å². The van der Waals surface area contributed by atoms with E-state index in [9.17, 15) is 18.0 Å². The van der Waals surface area contributed by atoms with Gasteiger partial charge < -0.3 is 5.73 Å². The molecule has 0 radical (unpaired) electrons. The Balaban J connectivity index is 2.43. The van der Waals surface area contributed by atoms with Crippen molar-refractivity contribution in [2.24, 2.45) is 5.73 Å². The number of amides is 1. The van der Waals surface area contributed by atoms with Crippen molar-refractivity contribution in [3.63, 3.8) is 0 Å². The maximum Gasteiger partial charge on any atom is 0.416 e. The number of hydrazine groups is 1. The fourth-order valence-corrected chi connectivity index (χ4v) is 2.51. The number of carbonyl (C=O) groups excluding carboxylic acids is 1. The Bertz CT molecular complexity index is 504. The molecular weight excluding hydrogens is 271 g/mol. The van der Waals surface area contributed by atoms with Crippen molar-refractivity contribution in [2.75, 3.05) is 20.1 Å². The smallest absolute Gasteiger partial charge is 0.329 e. The number of nitrogens with zero attached hydrogens (tertiary/aromatic N) is 2. The molecule has 1 atom stereocenters. The first-order valence-corrected chi connectivity index (χ1v) is 6.25. The van der Waals surface area contributed by atoms with Crippen molar-refractivity contribution >= 4 is 5.91 Å². The second kappa shape index (κ2) is 5.41. The predicted octanol–water partition coefficient (Wildman–Crippen LogP) is 1.78. The molecule has 1 saturated heterocycles. The molecule has 110 valence electrons. The summed E-state index contributed by atoms with van der Waals surface area (Å²) in [6, 6.07) is 4.74. The highest BCUT2D eigenvalue weighted by molar-refractivity contribution is 5.78. The van der Waals surface area contributed by atoms with Crippen molar-refractivity contribution in [3.8, 4) is 0 Å². The van der Waals surface area contributed by atoms with Gasteiger partial charge >= 0.3 is 6.18 Å². The molecule has 0 spiro atoms. The van der Waals surface area contributed by atoms with E-state index >= 15 is 0 Å². The van der Waals surface area contributed by atoms with Crippen LogP contribution in [-0.2, 0) is 11.0 Å². The minimum atomic E-state index is -4.44. The van der Waals surface area contributed by atoms with Crippen LogP contribution in [0.5, 0.6) is 0 Å². The summed E-state index contributed by atoms with van der Waals surface area (Å²) in [4.78, 5) is 11.8. The molecule has 1 heterocycles. The standard InChI is InChI=1S/C13H16F3N3O/c1-18-12(20)8-11(19(18)7-6-17)9-4-2-3-5-10(9)13(14,15)16/h2-5,11H,6-8,17H2,1H3. The fraction of sp³-hybridized carbons (Fsp3) is 0.462. The summed E-state index contributed by atoms with van der Waals surface area (Å²) in [7, 11) is 1.55. The molecule has 0 aromatic heterocycles. The first-order valence-electron chi connectivity index (χ1n) is 6.25. The molecule has 2 rings (SSSR count). The molecule has 1 aliphatic heterocycles. The van der Waals surface area contributed by atoms with Gasteiger partial charge in [-0.2, -0.15) is 13.2 Å². The predicted molar refractivity (Wildman–Crippen MR) is 67.3 cm³/mol. The average Bonchev–Trinajstić information content (AvgIpc) is 2.66. The van der Waals surface area contributed by atoms with Crippen molar-refractivity contribution in [1.29, 1.82) is 0 Å². The zero-order chi connectivity index (χ0) is 14.9. The van der Waals surface area contributed by atoms with Gasteiger partial charge in [-0.05, 0) is 11.6 Å². The highest BCUT2D eigenvalue weighted by Gasteiger charge is 2.41. The zero-order valence-corrected chi connectivity index (χ0v) is 11.0. The van der Waals surface area contributed by atoms with Crippen LogP contribution in [0.25, 0.3) is 0 Å². The third kappa shape index (κ3) is 2.64. The molecule has 1 aromatic rings. The van der Waals surface area contributed by atoms with Crippen molar-refractivity contribution in [3.05, 3.63) is 35.4 Å². The van der Waals surface area contributed by atoms with Gasteiger partial charge in [0.15, 0.2) is 0 Å². The quantitative estimate of drug-likeness (QED) is 0.922. The number of rotatable bonds is 3. The lowest BCUT2D eigenvalue weighted by Gasteiger charge is -2.30. The number of hydrogen-bond donors (Lipinski definition) is 1. The Morgan fingerprint density at radius 2 is 2.00 bits per heavy atom. The van der Waals surface area contributed by atoms with Crippen LogP contribution in [0.3, 0.4) is 0 Å². The van der Waals surface area contributed by atoms with E-state index in [1.165, 1.54) is 17.1 Å². The van der Waals surface area contributed by atoms with E-state index in [-0.39, 0.29) is 24.4 Å². The Morgan fingerprint density at radius 1 is 1.35 bits per heavy atom. The fourth-order valence-electron chi connectivity index (χ4n) is 2.51. The van der Waals surface area contributed by atoms with Gasteiger partial charge in [0.2, 0.25) is 5.91 Å². The van der Waals surface area contributed by atoms with E-state index in [0.29, 0.717) is 6.54 Å². The Morgan fingerprint density at radius 3 is 2.60 bits per heavy atom. The van der Waals surface area contributed by atoms with Crippen LogP contribution < -0.4 is 5.73 Å². The molecule has 1 aromatic carbocycles. The number of benzene rings is 1. The Labute approximate surface area is 114 Å². The maximum absolute atomic E-state index is 13.1. The minimum absolute atomic E-state index is 0.0313. The lowest BCUT2D eigenvalue weighted by atomic mass is 9.98. The number of hydrogen-bond acceptors (Lipinski definition) is 3. The van der Waals surface area contributed by atoms with Gasteiger partial charge in [-0.15, -0.1) is 0 Å². The summed E-state index contributed by atoms with van der Waals surface area (Å²) >= 11 is 0. The van der Waals surface area contributed by atoms with Crippen LogP contribution in [0.4, 0.5) is 13.2 Å². The average molecular weight is 287 g/mol. The topological polar surface area (TPSA) is 49.6 Å². The molecule has 1 fully saturated rings. The molecule has 2 N–H and O–H groups in total.